The molecular weight excluding hydrogens is 338 g/mol. The summed E-state index contributed by atoms with van der Waals surface area (Å²) in [6.07, 6.45) is 6.94. The highest BCUT2D eigenvalue weighted by molar-refractivity contribution is 6.34. The van der Waals surface area contributed by atoms with E-state index in [2.05, 4.69) is 0 Å². The van der Waals surface area contributed by atoms with Gasteiger partial charge in [-0.25, -0.2) is 0 Å². The molecule has 0 atom stereocenters. The van der Waals surface area contributed by atoms with Crippen LogP contribution in [0.25, 0.3) is 0 Å². The highest BCUT2D eigenvalue weighted by Gasteiger charge is 2.07. The molecule has 20 heavy (non-hydrogen) atoms. The average molecular weight is 350 g/mol. The molecule has 0 radical (unpaired) electrons. The molecule has 0 saturated heterocycles. The van der Waals surface area contributed by atoms with E-state index in [1.54, 1.807) is 18.2 Å². The van der Waals surface area contributed by atoms with E-state index in [1.807, 2.05) is 18.2 Å². The molecule has 0 bridgehead atoms. The molecule has 1 aromatic rings. The number of rotatable bonds is 4. The van der Waals surface area contributed by atoms with Crippen LogP contribution in [0.1, 0.15) is 12.8 Å². The fourth-order valence-corrected chi connectivity index (χ4v) is 2.44. The lowest BCUT2D eigenvalue weighted by Crippen LogP contribution is -1.99. The van der Waals surface area contributed by atoms with E-state index >= 15 is 0 Å². The van der Waals surface area contributed by atoms with E-state index in [-0.39, 0.29) is 0 Å². The van der Waals surface area contributed by atoms with E-state index in [9.17, 15) is 0 Å². The molecule has 1 aliphatic rings. The number of hydrogen-bond donors (Lipinski definition) is 0. The molecule has 0 aliphatic heterocycles. The Bertz CT molecular complexity index is 588. The van der Waals surface area contributed by atoms with Gasteiger partial charge < -0.3 is 4.74 Å². The molecule has 0 N–H and O–H groups in total. The molecule has 0 amide bonds. The molecular formula is C15H12Cl4O. The Morgan fingerprint density at radius 3 is 2.65 bits per heavy atom. The summed E-state index contributed by atoms with van der Waals surface area (Å²) in [5.74, 6) is 0.574. The van der Waals surface area contributed by atoms with Gasteiger partial charge in [-0.15, -0.1) is 0 Å². The summed E-state index contributed by atoms with van der Waals surface area (Å²) in [6, 6.07) is 5.12. The van der Waals surface area contributed by atoms with Crippen molar-refractivity contribution in [3.05, 3.63) is 62.1 Å². The van der Waals surface area contributed by atoms with Crippen molar-refractivity contribution in [2.24, 2.45) is 0 Å². The van der Waals surface area contributed by atoms with Crippen molar-refractivity contribution in [1.29, 1.82) is 0 Å². The molecule has 5 heteroatoms. The van der Waals surface area contributed by atoms with Crippen molar-refractivity contribution in [3.8, 4) is 5.75 Å². The van der Waals surface area contributed by atoms with Crippen molar-refractivity contribution in [2.75, 3.05) is 6.61 Å². The van der Waals surface area contributed by atoms with Crippen molar-refractivity contribution >= 4 is 46.4 Å². The van der Waals surface area contributed by atoms with Crippen LogP contribution in [0.5, 0.6) is 5.75 Å². The molecule has 0 heterocycles. The van der Waals surface area contributed by atoms with Gasteiger partial charge in [-0.3, -0.25) is 0 Å². The zero-order valence-electron chi connectivity index (χ0n) is 10.5. The fraction of sp³-hybridized carbons (Fsp3) is 0.200. The summed E-state index contributed by atoms with van der Waals surface area (Å²) in [5, 5.41) is 2.59. The van der Waals surface area contributed by atoms with Gasteiger partial charge in [-0.2, -0.15) is 0 Å². The van der Waals surface area contributed by atoms with Crippen LogP contribution in [-0.4, -0.2) is 6.61 Å². The normalized spacial score (nSPS) is 15.1. The second-order valence-corrected chi connectivity index (χ2v) is 5.97. The highest BCUT2D eigenvalue weighted by Crippen LogP contribution is 2.29. The van der Waals surface area contributed by atoms with Gasteiger partial charge in [0, 0.05) is 34.0 Å². The third-order valence-electron chi connectivity index (χ3n) is 2.79. The maximum atomic E-state index is 6.21. The molecule has 0 fully saturated rings. The average Bonchev–Trinajstić information content (AvgIpc) is 2.58. The lowest BCUT2D eigenvalue weighted by Gasteiger charge is -2.09. The number of ether oxygens (including phenoxy) is 1. The van der Waals surface area contributed by atoms with Crippen LogP contribution in [-0.2, 0) is 0 Å². The Hall–Kier alpha value is -0.600. The SMILES string of the molecule is ClC1=CCC(Cl)=C(CCOc2cc(Cl)ccc2Cl)C=C1. The number of halogens is 4. The minimum atomic E-state index is 0.466. The first-order valence-electron chi connectivity index (χ1n) is 6.05. The molecule has 1 nitrogen and oxygen atoms in total. The van der Waals surface area contributed by atoms with Crippen LogP contribution >= 0.6 is 46.4 Å². The molecule has 1 aliphatic carbocycles. The number of hydrogen-bond acceptors (Lipinski definition) is 1. The van der Waals surface area contributed by atoms with E-state index in [1.165, 1.54) is 0 Å². The molecule has 0 spiro atoms. The Morgan fingerprint density at radius 2 is 1.85 bits per heavy atom. The Balaban J connectivity index is 1.96. The quantitative estimate of drug-likeness (QED) is 0.616. The van der Waals surface area contributed by atoms with E-state index in [0.717, 1.165) is 10.6 Å². The van der Waals surface area contributed by atoms with E-state index < -0.39 is 0 Å². The standard InChI is InChI=1S/C15H12Cl4O/c16-11-2-1-10(13(18)5-3-11)7-8-20-15-9-12(17)4-6-14(15)19/h1-4,6,9H,5,7-8H2. The van der Waals surface area contributed by atoms with Crippen LogP contribution in [0.3, 0.4) is 0 Å². The second-order valence-electron chi connectivity index (χ2n) is 4.23. The summed E-state index contributed by atoms with van der Waals surface area (Å²) in [7, 11) is 0. The van der Waals surface area contributed by atoms with E-state index in [4.69, 9.17) is 51.1 Å². The smallest absolute Gasteiger partial charge is 0.139 e. The zero-order chi connectivity index (χ0) is 14.5. The second kappa shape index (κ2) is 7.42. The topological polar surface area (TPSA) is 9.23 Å². The Kier molecular flexibility index (Phi) is 5.86. The minimum absolute atomic E-state index is 0.466. The maximum absolute atomic E-state index is 6.21. The third-order valence-corrected chi connectivity index (χ3v) is 4.02. The zero-order valence-corrected chi connectivity index (χ0v) is 13.5. The summed E-state index contributed by atoms with van der Waals surface area (Å²) < 4.78 is 5.64. The first kappa shape index (κ1) is 15.8. The first-order chi connectivity index (χ1) is 9.56. The lowest BCUT2D eigenvalue weighted by atomic mass is 10.1. The van der Waals surface area contributed by atoms with Gasteiger partial charge in [0.2, 0.25) is 0 Å². The van der Waals surface area contributed by atoms with Crippen molar-refractivity contribution < 1.29 is 4.74 Å². The number of benzene rings is 1. The van der Waals surface area contributed by atoms with Crippen molar-refractivity contribution in [1.82, 2.24) is 0 Å². The van der Waals surface area contributed by atoms with Gasteiger partial charge >= 0.3 is 0 Å². The molecule has 106 valence electrons. The molecule has 0 aromatic heterocycles. The van der Waals surface area contributed by atoms with Gasteiger partial charge in [0.15, 0.2) is 0 Å². The monoisotopic (exact) mass is 348 g/mol. The Labute approximate surface area is 138 Å². The Morgan fingerprint density at radius 1 is 1.05 bits per heavy atom. The first-order valence-corrected chi connectivity index (χ1v) is 7.56. The fourth-order valence-electron chi connectivity index (χ4n) is 1.73. The predicted molar refractivity (Wildman–Crippen MR) is 87.1 cm³/mol. The van der Waals surface area contributed by atoms with Crippen LogP contribution in [0.15, 0.2) is 52.1 Å². The summed E-state index contributed by atoms with van der Waals surface area (Å²) >= 11 is 24.1. The van der Waals surface area contributed by atoms with Crippen LogP contribution in [0.4, 0.5) is 0 Å². The van der Waals surface area contributed by atoms with Gasteiger partial charge in [-0.05, 0) is 23.8 Å². The minimum Gasteiger partial charge on any atom is -0.492 e. The van der Waals surface area contributed by atoms with Gasteiger partial charge in [0.1, 0.15) is 5.75 Å². The number of allylic oxidation sites excluding steroid dienone is 5. The molecule has 1 aromatic carbocycles. The van der Waals surface area contributed by atoms with E-state index in [0.29, 0.717) is 40.3 Å². The summed E-state index contributed by atoms with van der Waals surface area (Å²) in [4.78, 5) is 0. The van der Waals surface area contributed by atoms with Crippen molar-refractivity contribution in [2.45, 2.75) is 12.8 Å². The predicted octanol–water partition coefficient (Wildman–Crippen LogP) is 6.34. The van der Waals surface area contributed by atoms with Crippen LogP contribution in [0.2, 0.25) is 10.0 Å². The van der Waals surface area contributed by atoms with Gasteiger partial charge in [0.25, 0.3) is 0 Å². The summed E-state index contributed by atoms with van der Waals surface area (Å²) in [6.45, 7) is 0.466. The maximum Gasteiger partial charge on any atom is 0.139 e. The molecule has 0 saturated carbocycles. The molecule has 0 unspecified atom stereocenters. The highest BCUT2D eigenvalue weighted by atomic mass is 35.5. The lowest BCUT2D eigenvalue weighted by molar-refractivity contribution is 0.322. The van der Waals surface area contributed by atoms with Crippen LogP contribution < -0.4 is 4.74 Å². The summed E-state index contributed by atoms with van der Waals surface area (Å²) in [5.41, 5.74) is 1.01. The largest absolute Gasteiger partial charge is 0.492 e. The third kappa shape index (κ3) is 4.46. The molecule has 2 rings (SSSR count). The van der Waals surface area contributed by atoms with Gasteiger partial charge in [0.05, 0.1) is 11.6 Å². The van der Waals surface area contributed by atoms with Gasteiger partial charge in [-0.1, -0.05) is 58.6 Å². The van der Waals surface area contributed by atoms with Crippen molar-refractivity contribution in [3.63, 3.8) is 0 Å². The van der Waals surface area contributed by atoms with Crippen LogP contribution in [0, 0.1) is 0 Å².